The van der Waals surface area contributed by atoms with Crippen LogP contribution >= 0.6 is 0 Å². The summed E-state index contributed by atoms with van der Waals surface area (Å²) in [5, 5.41) is 2.99. The number of aromatic nitrogens is 1. The number of hydrogen-bond acceptors (Lipinski definition) is 6. The summed E-state index contributed by atoms with van der Waals surface area (Å²) in [6.07, 6.45) is 3.82. The Hall–Kier alpha value is -1.93. The first-order chi connectivity index (χ1) is 10.6. The number of benzene rings is 1. The summed E-state index contributed by atoms with van der Waals surface area (Å²) in [4.78, 5) is 4.19. The lowest BCUT2D eigenvalue weighted by Crippen LogP contribution is -2.08. The van der Waals surface area contributed by atoms with Crippen LogP contribution in [0.1, 0.15) is 11.1 Å². The molecule has 0 fully saturated rings. The zero-order chi connectivity index (χ0) is 17.1. The van der Waals surface area contributed by atoms with Gasteiger partial charge in [-0.1, -0.05) is 24.3 Å². The third-order valence-electron chi connectivity index (χ3n) is 3.05. The Balaban J connectivity index is 2.18. The van der Waals surface area contributed by atoms with Gasteiger partial charge in [-0.2, -0.15) is 0 Å². The van der Waals surface area contributed by atoms with Gasteiger partial charge in [-0.3, -0.25) is 0 Å². The molecule has 0 saturated carbocycles. The van der Waals surface area contributed by atoms with E-state index in [2.05, 4.69) is 10.3 Å². The molecule has 1 N–H and O–H groups in total. The van der Waals surface area contributed by atoms with Crippen LogP contribution in [-0.4, -0.2) is 34.3 Å². The number of nitrogens with one attached hydrogen (secondary N) is 1. The van der Waals surface area contributed by atoms with Crippen molar-refractivity contribution in [2.45, 2.75) is 17.2 Å². The second kappa shape index (κ2) is 6.67. The lowest BCUT2D eigenvalue weighted by Gasteiger charge is -2.10. The predicted molar refractivity (Wildman–Crippen MR) is 89.7 cm³/mol. The van der Waals surface area contributed by atoms with Crippen LogP contribution < -0.4 is 5.32 Å². The standard InChI is InChI=1S/C15H18N2O4S2/c1-22(18,19)11-13-6-3-5-12(9-13)10-17-15-14(23(2,20)21)7-4-8-16-15/h3-9H,10-11H2,1-2H3,(H,16,17). The van der Waals surface area contributed by atoms with E-state index in [0.717, 1.165) is 11.8 Å². The molecule has 2 rings (SSSR count). The maximum Gasteiger partial charge on any atom is 0.179 e. The van der Waals surface area contributed by atoms with Gasteiger partial charge in [0.15, 0.2) is 19.7 Å². The molecule has 0 radical (unpaired) electrons. The molecule has 6 nitrogen and oxygen atoms in total. The minimum Gasteiger partial charge on any atom is -0.365 e. The Kier molecular flexibility index (Phi) is 5.06. The van der Waals surface area contributed by atoms with Crippen LogP contribution in [0.5, 0.6) is 0 Å². The molecule has 124 valence electrons. The molecule has 0 atom stereocenters. The third-order valence-corrected chi connectivity index (χ3v) is 5.04. The van der Waals surface area contributed by atoms with Crippen molar-refractivity contribution < 1.29 is 16.8 Å². The van der Waals surface area contributed by atoms with E-state index >= 15 is 0 Å². The number of anilines is 1. The molecule has 0 spiro atoms. The smallest absolute Gasteiger partial charge is 0.179 e. The fourth-order valence-electron chi connectivity index (χ4n) is 2.14. The van der Waals surface area contributed by atoms with E-state index in [9.17, 15) is 16.8 Å². The Morgan fingerprint density at radius 3 is 2.35 bits per heavy atom. The first-order valence-electron chi connectivity index (χ1n) is 6.80. The summed E-state index contributed by atoms with van der Waals surface area (Å²) in [6, 6.07) is 10.2. The van der Waals surface area contributed by atoms with Gasteiger partial charge in [-0.25, -0.2) is 21.8 Å². The van der Waals surface area contributed by atoms with Crippen molar-refractivity contribution in [1.29, 1.82) is 0 Å². The number of rotatable bonds is 6. The maximum atomic E-state index is 11.7. The molecule has 1 aromatic carbocycles. The quantitative estimate of drug-likeness (QED) is 0.848. The fourth-order valence-corrected chi connectivity index (χ4v) is 3.73. The molecule has 0 bridgehead atoms. The number of pyridine rings is 1. The monoisotopic (exact) mass is 354 g/mol. The van der Waals surface area contributed by atoms with E-state index in [1.165, 1.54) is 18.5 Å². The Morgan fingerprint density at radius 1 is 1.00 bits per heavy atom. The molecule has 8 heteroatoms. The molecule has 0 aliphatic rings. The zero-order valence-corrected chi connectivity index (χ0v) is 14.5. The van der Waals surface area contributed by atoms with Crippen molar-refractivity contribution in [2.75, 3.05) is 17.8 Å². The molecule has 0 aliphatic carbocycles. The van der Waals surface area contributed by atoms with Crippen molar-refractivity contribution in [3.05, 3.63) is 53.7 Å². The zero-order valence-electron chi connectivity index (χ0n) is 12.9. The first-order valence-corrected chi connectivity index (χ1v) is 10.7. The molecular formula is C15H18N2O4S2. The highest BCUT2D eigenvalue weighted by Gasteiger charge is 2.13. The summed E-state index contributed by atoms with van der Waals surface area (Å²) in [5.41, 5.74) is 1.53. The molecule has 23 heavy (non-hydrogen) atoms. The van der Waals surface area contributed by atoms with Gasteiger partial charge in [-0.15, -0.1) is 0 Å². The highest BCUT2D eigenvalue weighted by atomic mass is 32.2. The van der Waals surface area contributed by atoms with Gasteiger partial charge in [0.25, 0.3) is 0 Å². The van der Waals surface area contributed by atoms with Gasteiger partial charge in [0.05, 0.1) is 5.75 Å². The molecule has 0 saturated heterocycles. The van der Waals surface area contributed by atoms with Gasteiger partial charge in [0.2, 0.25) is 0 Å². The number of sulfone groups is 2. The van der Waals surface area contributed by atoms with Crippen molar-refractivity contribution >= 4 is 25.5 Å². The van der Waals surface area contributed by atoms with Gasteiger partial charge in [0, 0.05) is 25.3 Å². The molecule has 1 aromatic heterocycles. The molecule has 0 aliphatic heterocycles. The maximum absolute atomic E-state index is 11.7. The largest absolute Gasteiger partial charge is 0.365 e. The molecule has 2 aromatic rings. The average Bonchev–Trinajstić information content (AvgIpc) is 2.43. The number of hydrogen-bond donors (Lipinski definition) is 1. The Bertz CT molecular complexity index is 907. The summed E-state index contributed by atoms with van der Waals surface area (Å²) in [7, 11) is -6.47. The summed E-state index contributed by atoms with van der Waals surface area (Å²) in [5.74, 6) is 0.252. The van der Waals surface area contributed by atoms with Crippen molar-refractivity contribution in [2.24, 2.45) is 0 Å². The van der Waals surface area contributed by atoms with E-state index < -0.39 is 19.7 Å². The van der Waals surface area contributed by atoms with E-state index in [1.54, 1.807) is 24.3 Å². The second-order valence-electron chi connectivity index (χ2n) is 5.37. The van der Waals surface area contributed by atoms with Crippen LogP contribution in [0.15, 0.2) is 47.5 Å². The average molecular weight is 354 g/mol. The van der Waals surface area contributed by atoms with Crippen LogP contribution in [-0.2, 0) is 32.0 Å². The van der Waals surface area contributed by atoms with Crippen molar-refractivity contribution in [3.8, 4) is 0 Å². The normalized spacial score (nSPS) is 12.1. The predicted octanol–water partition coefficient (Wildman–Crippen LogP) is 1.64. The van der Waals surface area contributed by atoms with E-state index in [4.69, 9.17) is 0 Å². The highest BCUT2D eigenvalue weighted by molar-refractivity contribution is 7.91. The number of nitrogens with zero attached hydrogens (tertiary/aromatic N) is 1. The van der Waals surface area contributed by atoms with Crippen LogP contribution in [0.4, 0.5) is 5.82 Å². The van der Waals surface area contributed by atoms with Crippen molar-refractivity contribution in [3.63, 3.8) is 0 Å². The van der Waals surface area contributed by atoms with Crippen molar-refractivity contribution in [1.82, 2.24) is 4.98 Å². The molecule has 0 amide bonds. The van der Waals surface area contributed by atoms with Crippen LogP contribution in [0.3, 0.4) is 0 Å². The van der Waals surface area contributed by atoms with E-state index in [0.29, 0.717) is 12.1 Å². The lowest BCUT2D eigenvalue weighted by atomic mass is 10.1. The Labute approximate surface area is 136 Å². The third kappa shape index (κ3) is 5.33. The SMILES string of the molecule is CS(=O)(=O)Cc1cccc(CNc2ncccc2S(C)(=O)=O)c1. The summed E-state index contributed by atoms with van der Waals surface area (Å²) < 4.78 is 46.2. The summed E-state index contributed by atoms with van der Waals surface area (Å²) >= 11 is 0. The second-order valence-corrected chi connectivity index (χ2v) is 9.49. The molecule has 1 heterocycles. The van der Waals surface area contributed by atoms with Gasteiger partial charge in [-0.05, 0) is 23.3 Å². The van der Waals surface area contributed by atoms with Gasteiger partial charge >= 0.3 is 0 Å². The topological polar surface area (TPSA) is 93.2 Å². The Morgan fingerprint density at radius 2 is 1.70 bits per heavy atom. The lowest BCUT2D eigenvalue weighted by molar-refractivity contribution is 0.599. The minimum atomic E-state index is -3.37. The van der Waals surface area contributed by atoms with Crippen LogP contribution in [0, 0.1) is 0 Å². The fraction of sp³-hybridized carbons (Fsp3) is 0.267. The molecule has 0 unspecified atom stereocenters. The highest BCUT2D eigenvalue weighted by Crippen LogP contribution is 2.19. The first kappa shape index (κ1) is 17.4. The van der Waals surface area contributed by atoms with E-state index in [-0.39, 0.29) is 16.5 Å². The summed E-state index contributed by atoms with van der Waals surface area (Å²) in [6.45, 7) is 0.344. The van der Waals surface area contributed by atoms with Crippen LogP contribution in [0.25, 0.3) is 0 Å². The minimum absolute atomic E-state index is 0.0288. The van der Waals surface area contributed by atoms with Gasteiger partial charge < -0.3 is 5.32 Å². The van der Waals surface area contributed by atoms with E-state index in [1.807, 2.05) is 6.07 Å². The molecular weight excluding hydrogens is 336 g/mol. The van der Waals surface area contributed by atoms with Gasteiger partial charge in [0.1, 0.15) is 10.7 Å². The van der Waals surface area contributed by atoms with Crippen LogP contribution in [0.2, 0.25) is 0 Å².